The van der Waals surface area contributed by atoms with Gasteiger partial charge in [0, 0.05) is 26.2 Å². The highest BCUT2D eigenvalue weighted by Gasteiger charge is 2.12. The molecular weight excluding hydrogens is 227 g/mol. The van der Waals surface area contributed by atoms with Gasteiger partial charge in [0.15, 0.2) is 0 Å². The van der Waals surface area contributed by atoms with Gasteiger partial charge in [-0.1, -0.05) is 19.1 Å². The number of aryl methyl sites for hydroxylation is 1. The first-order chi connectivity index (χ1) is 8.66. The molecule has 0 spiro atoms. The van der Waals surface area contributed by atoms with Crippen LogP contribution in [-0.2, 0) is 0 Å². The lowest BCUT2D eigenvalue weighted by Gasteiger charge is -2.28. The molecule has 100 valence electrons. The number of piperazine rings is 1. The average Bonchev–Trinajstić information content (AvgIpc) is 2.40. The van der Waals surface area contributed by atoms with Crippen LogP contribution in [0.15, 0.2) is 18.2 Å². The first-order valence-electron chi connectivity index (χ1n) is 6.86. The molecule has 1 saturated heterocycles. The molecule has 1 aromatic carbocycles. The van der Waals surface area contributed by atoms with Crippen molar-refractivity contribution in [1.82, 2.24) is 10.2 Å². The zero-order valence-corrected chi connectivity index (χ0v) is 11.4. The predicted molar refractivity (Wildman–Crippen MR) is 73.5 cm³/mol. The van der Waals surface area contributed by atoms with Crippen LogP contribution in [0.2, 0.25) is 0 Å². The van der Waals surface area contributed by atoms with Gasteiger partial charge in [0.05, 0.1) is 0 Å². The lowest BCUT2D eigenvalue weighted by Crippen LogP contribution is -2.43. The normalized spacial score (nSPS) is 18.8. The summed E-state index contributed by atoms with van der Waals surface area (Å²) >= 11 is 0. The van der Waals surface area contributed by atoms with E-state index in [2.05, 4.69) is 17.1 Å². The predicted octanol–water partition coefficient (Wildman–Crippen LogP) is 2.53. The van der Waals surface area contributed by atoms with Crippen molar-refractivity contribution in [1.29, 1.82) is 0 Å². The molecule has 1 N–H and O–H groups in total. The van der Waals surface area contributed by atoms with Crippen molar-refractivity contribution in [3.8, 4) is 0 Å². The molecule has 1 aromatic rings. The van der Waals surface area contributed by atoms with Crippen molar-refractivity contribution in [2.24, 2.45) is 0 Å². The van der Waals surface area contributed by atoms with E-state index in [4.69, 9.17) is 0 Å². The number of rotatable bonds is 4. The second-order valence-electron chi connectivity index (χ2n) is 5.29. The quantitative estimate of drug-likeness (QED) is 0.883. The van der Waals surface area contributed by atoms with Crippen LogP contribution >= 0.6 is 0 Å². The molecule has 1 aliphatic heterocycles. The van der Waals surface area contributed by atoms with Crippen LogP contribution in [0.25, 0.3) is 0 Å². The highest BCUT2D eigenvalue weighted by Crippen LogP contribution is 2.21. The molecule has 1 heterocycles. The SMILES string of the molecule is Cc1cc(C(C)CCN2CCNCC2)ccc1F. The summed E-state index contributed by atoms with van der Waals surface area (Å²) in [5.74, 6) is 0.396. The third kappa shape index (κ3) is 3.53. The van der Waals surface area contributed by atoms with E-state index in [-0.39, 0.29) is 5.82 Å². The minimum absolute atomic E-state index is 0.104. The van der Waals surface area contributed by atoms with Crippen molar-refractivity contribution >= 4 is 0 Å². The lowest BCUT2D eigenvalue weighted by atomic mass is 9.96. The number of nitrogens with zero attached hydrogens (tertiary/aromatic N) is 1. The fourth-order valence-corrected chi connectivity index (χ4v) is 2.45. The third-order valence-corrected chi connectivity index (χ3v) is 3.84. The molecule has 2 nitrogen and oxygen atoms in total. The Morgan fingerprint density at radius 2 is 2.06 bits per heavy atom. The van der Waals surface area contributed by atoms with Gasteiger partial charge in [0.1, 0.15) is 5.82 Å². The van der Waals surface area contributed by atoms with E-state index >= 15 is 0 Å². The first-order valence-corrected chi connectivity index (χ1v) is 6.86. The fraction of sp³-hybridized carbons (Fsp3) is 0.600. The molecule has 1 aliphatic rings. The van der Waals surface area contributed by atoms with Crippen LogP contribution in [-0.4, -0.2) is 37.6 Å². The average molecular weight is 250 g/mol. The van der Waals surface area contributed by atoms with Crippen LogP contribution in [0.5, 0.6) is 0 Å². The topological polar surface area (TPSA) is 15.3 Å². The van der Waals surface area contributed by atoms with E-state index in [0.717, 1.165) is 44.7 Å². The summed E-state index contributed by atoms with van der Waals surface area (Å²) in [5, 5.41) is 3.36. The van der Waals surface area contributed by atoms with Gasteiger partial charge in [-0.15, -0.1) is 0 Å². The zero-order chi connectivity index (χ0) is 13.0. The molecule has 1 fully saturated rings. The molecule has 18 heavy (non-hydrogen) atoms. The van der Waals surface area contributed by atoms with Gasteiger partial charge < -0.3 is 10.2 Å². The van der Waals surface area contributed by atoms with E-state index in [9.17, 15) is 4.39 Å². The molecule has 1 atom stereocenters. The number of benzene rings is 1. The minimum Gasteiger partial charge on any atom is -0.314 e. The van der Waals surface area contributed by atoms with Crippen molar-refractivity contribution in [2.75, 3.05) is 32.7 Å². The summed E-state index contributed by atoms with van der Waals surface area (Å²) in [6, 6.07) is 5.49. The van der Waals surface area contributed by atoms with Crippen molar-refractivity contribution in [3.63, 3.8) is 0 Å². The van der Waals surface area contributed by atoms with E-state index in [1.165, 1.54) is 5.56 Å². The summed E-state index contributed by atoms with van der Waals surface area (Å²) in [6.07, 6.45) is 1.14. The lowest BCUT2D eigenvalue weighted by molar-refractivity contribution is 0.234. The molecule has 0 aromatic heterocycles. The van der Waals surface area contributed by atoms with Gasteiger partial charge >= 0.3 is 0 Å². The van der Waals surface area contributed by atoms with Crippen LogP contribution in [0, 0.1) is 12.7 Å². The fourth-order valence-electron chi connectivity index (χ4n) is 2.45. The van der Waals surface area contributed by atoms with Gasteiger partial charge in [-0.25, -0.2) is 4.39 Å². The van der Waals surface area contributed by atoms with E-state index < -0.39 is 0 Å². The van der Waals surface area contributed by atoms with Gasteiger partial charge in [-0.2, -0.15) is 0 Å². The van der Waals surface area contributed by atoms with Crippen molar-refractivity contribution in [2.45, 2.75) is 26.2 Å². The Morgan fingerprint density at radius 1 is 1.33 bits per heavy atom. The summed E-state index contributed by atoms with van der Waals surface area (Å²) in [5.41, 5.74) is 2.01. The highest BCUT2D eigenvalue weighted by atomic mass is 19.1. The molecule has 2 rings (SSSR count). The Hall–Kier alpha value is -0.930. The molecule has 3 heteroatoms. The second kappa shape index (κ2) is 6.30. The van der Waals surface area contributed by atoms with Gasteiger partial charge in [0.2, 0.25) is 0 Å². The molecule has 0 amide bonds. The Morgan fingerprint density at radius 3 is 2.72 bits per heavy atom. The summed E-state index contributed by atoms with van der Waals surface area (Å²) in [6.45, 7) is 9.70. The molecule has 0 radical (unpaired) electrons. The minimum atomic E-state index is -0.104. The first kappa shape index (κ1) is 13.5. The maximum absolute atomic E-state index is 13.2. The molecular formula is C15H23FN2. The van der Waals surface area contributed by atoms with Crippen LogP contribution in [0.4, 0.5) is 4.39 Å². The highest BCUT2D eigenvalue weighted by molar-refractivity contribution is 5.26. The summed E-state index contributed by atoms with van der Waals surface area (Å²) in [7, 11) is 0. The van der Waals surface area contributed by atoms with Gasteiger partial charge in [-0.05, 0) is 43.0 Å². The van der Waals surface area contributed by atoms with E-state index in [1.54, 1.807) is 6.07 Å². The maximum atomic E-state index is 13.2. The van der Waals surface area contributed by atoms with Gasteiger partial charge in [-0.3, -0.25) is 0 Å². The Kier molecular flexibility index (Phi) is 4.72. The Balaban J connectivity index is 1.86. The van der Waals surface area contributed by atoms with Crippen molar-refractivity contribution < 1.29 is 4.39 Å². The third-order valence-electron chi connectivity index (χ3n) is 3.84. The van der Waals surface area contributed by atoms with E-state index in [1.807, 2.05) is 19.1 Å². The number of nitrogens with one attached hydrogen (secondary N) is 1. The van der Waals surface area contributed by atoms with Crippen LogP contribution in [0.1, 0.15) is 30.4 Å². The summed E-state index contributed by atoms with van der Waals surface area (Å²) < 4.78 is 13.2. The monoisotopic (exact) mass is 250 g/mol. The number of hydrogen-bond donors (Lipinski definition) is 1. The molecule has 0 saturated carbocycles. The summed E-state index contributed by atoms with van der Waals surface area (Å²) in [4.78, 5) is 2.50. The Bertz CT molecular complexity index is 386. The largest absolute Gasteiger partial charge is 0.314 e. The Labute approximate surface area is 109 Å². The van der Waals surface area contributed by atoms with Crippen molar-refractivity contribution in [3.05, 3.63) is 35.1 Å². The van der Waals surface area contributed by atoms with Crippen LogP contribution in [0.3, 0.4) is 0 Å². The maximum Gasteiger partial charge on any atom is 0.126 e. The molecule has 1 unspecified atom stereocenters. The number of halogens is 1. The molecule has 0 aliphatic carbocycles. The smallest absolute Gasteiger partial charge is 0.126 e. The van der Waals surface area contributed by atoms with E-state index in [0.29, 0.717) is 5.92 Å². The zero-order valence-electron chi connectivity index (χ0n) is 11.4. The van der Waals surface area contributed by atoms with Gasteiger partial charge in [0.25, 0.3) is 0 Å². The number of hydrogen-bond acceptors (Lipinski definition) is 2. The standard InChI is InChI=1S/C15H23FN2/c1-12(5-8-18-9-6-17-7-10-18)14-3-4-15(16)13(2)11-14/h3-4,11-12,17H,5-10H2,1-2H3. The second-order valence-corrected chi connectivity index (χ2v) is 5.29. The van der Waals surface area contributed by atoms with Crippen LogP contribution < -0.4 is 5.32 Å². The molecule has 0 bridgehead atoms.